The molecule has 0 bridgehead atoms. The van der Waals surface area contributed by atoms with Gasteiger partial charge in [-0.15, -0.1) is 0 Å². The van der Waals surface area contributed by atoms with Gasteiger partial charge in [-0.25, -0.2) is 4.68 Å². The first-order valence-corrected chi connectivity index (χ1v) is 7.09. The summed E-state index contributed by atoms with van der Waals surface area (Å²) in [4.78, 5) is 4.18. The van der Waals surface area contributed by atoms with Gasteiger partial charge in [0.1, 0.15) is 0 Å². The molecule has 0 spiro atoms. The Morgan fingerprint density at radius 2 is 2.22 bits per heavy atom. The lowest BCUT2D eigenvalue weighted by Crippen LogP contribution is -2.20. The average Bonchev–Trinajstić information content (AvgIpc) is 2.76. The zero-order valence-corrected chi connectivity index (χ0v) is 12.8. The maximum Gasteiger partial charge on any atom is 0.0874 e. The monoisotopic (exact) mass is 356 g/mol. The minimum Gasteiger partial charge on any atom is -0.312 e. The molecule has 4 nitrogen and oxygen atoms in total. The zero-order chi connectivity index (χ0) is 13.0. The fourth-order valence-corrected chi connectivity index (χ4v) is 2.09. The van der Waals surface area contributed by atoms with Crippen LogP contribution in [0.5, 0.6) is 0 Å². The van der Waals surface area contributed by atoms with Crippen molar-refractivity contribution >= 4 is 22.6 Å². The number of aromatic nitrogens is 3. The molecular weight excluding hydrogens is 339 g/mol. The van der Waals surface area contributed by atoms with E-state index in [1.807, 2.05) is 35.5 Å². The van der Waals surface area contributed by atoms with Gasteiger partial charge in [0.25, 0.3) is 0 Å². The van der Waals surface area contributed by atoms with Crippen LogP contribution in [-0.2, 0) is 6.54 Å². The molecule has 0 saturated heterocycles. The van der Waals surface area contributed by atoms with Crippen LogP contribution in [0.4, 0.5) is 0 Å². The Kier molecular flexibility index (Phi) is 4.71. The summed E-state index contributed by atoms with van der Waals surface area (Å²) < 4.78 is 3.00. The minimum atomic E-state index is 0.654. The van der Waals surface area contributed by atoms with E-state index >= 15 is 0 Å². The number of nitrogens with one attached hydrogen (secondary N) is 1. The third-order valence-electron chi connectivity index (χ3n) is 2.55. The van der Waals surface area contributed by atoms with Gasteiger partial charge >= 0.3 is 0 Å². The predicted octanol–water partition coefficient (Wildman–Crippen LogP) is 2.62. The quantitative estimate of drug-likeness (QED) is 0.838. The van der Waals surface area contributed by atoms with E-state index in [0.717, 1.165) is 22.3 Å². The molecule has 0 unspecified atom stereocenters. The summed E-state index contributed by atoms with van der Waals surface area (Å²) in [5, 5.41) is 7.78. The van der Waals surface area contributed by atoms with Crippen LogP contribution in [0.25, 0.3) is 5.69 Å². The Morgan fingerprint density at radius 1 is 1.39 bits per heavy atom. The molecule has 0 aliphatic rings. The van der Waals surface area contributed by atoms with Crippen molar-refractivity contribution in [1.82, 2.24) is 20.1 Å². The highest BCUT2D eigenvalue weighted by molar-refractivity contribution is 14.1. The van der Waals surface area contributed by atoms with Gasteiger partial charge in [-0.2, -0.15) is 5.10 Å². The summed E-state index contributed by atoms with van der Waals surface area (Å²) in [6.07, 6.45) is 7.53. The summed E-state index contributed by atoms with van der Waals surface area (Å²) >= 11 is 2.26. The van der Waals surface area contributed by atoms with Gasteiger partial charge in [0.15, 0.2) is 0 Å². The summed E-state index contributed by atoms with van der Waals surface area (Å²) in [5.74, 6) is 0.654. The van der Waals surface area contributed by atoms with E-state index in [-0.39, 0.29) is 0 Å². The predicted molar refractivity (Wildman–Crippen MR) is 80.6 cm³/mol. The van der Waals surface area contributed by atoms with Gasteiger partial charge in [-0.05, 0) is 46.7 Å². The fourth-order valence-electron chi connectivity index (χ4n) is 1.70. The topological polar surface area (TPSA) is 42.7 Å². The maximum absolute atomic E-state index is 4.33. The third-order valence-corrected chi connectivity index (χ3v) is 3.11. The van der Waals surface area contributed by atoms with Gasteiger partial charge in [0, 0.05) is 18.9 Å². The molecule has 0 fully saturated rings. The molecule has 96 valence electrons. The van der Waals surface area contributed by atoms with Crippen molar-refractivity contribution in [3.8, 4) is 5.69 Å². The molecule has 2 aromatic heterocycles. The average molecular weight is 356 g/mol. The SMILES string of the molecule is CC(C)CNCc1ccncc1-n1cc(I)cn1. The molecular formula is C13H17IN4. The molecule has 5 heteroatoms. The van der Waals surface area contributed by atoms with E-state index in [9.17, 15) is 0 Å². The molecule has 2 aromatic rings. The van der Waals surface area contributed by atoms with Crippen molar-refractivity contribution in [3.05, 3.63) is 40.0 Å². The second-order valence-electron chi connectivity index (χ2n) is 4.63. The summed E-state index contributed by atoms with van der Waals surface area (Å²) in [7, 11) is 0. The lowest BCUT2D eigenvalue weighted by Gasteiger charge is -2.11. The van der Waals surface area contributed by atoms with Crippen LogP contribution in [0.2, 0.25) is 0 Å². The molecule has 0 saturated carbocycles. The van der Waals surface area contributed by atoms with Crippen molar-refractivity contribution in [3.63, 3.8) is 0 Å². The Balaban J connectivity index is 2.15. The smallest absolute Gasteiger partial charge is 0.0874 e. The van der Waals surface area contributed by atoms with E-state index in [1.54, 1.807) is 0 Å². The first kappa shape index (κ1) is 13.5. The van der Waals surface area contributed by atoms with Crippen LogP contribution in [0.3, 0.4) is 0 Å². The number of halogens is 1. The van der Waals surface area contributed by atoms with Crippen molar-refractivity contribution in [2.75, 3.05) is 6.54 Å². The minimum absolute atomic E-state index is 0.654. The Bertz CT molecular complexity index is 507. The first-order valence-electron chi connectivity index (χ1n) is 6.01. The Labute approximate surface area is 121 Å². The normalized spacial score (nSPS) is 11.1. The molecule has 0 radical (unpaired) electrons. The van der Waals surface area contributed by atoms with E-state index in [2.05, 4.69) is 51.8 Å². The van der Waals surface area contributed by atoms with Crippen molar-refractivity contribution in [2.45, 2.75) is 20.4 Å². The molecule has 0 aliphatic heterocycles. The Hall–Kier alpha value is -0.950. The number of rotatable bonds is 5. The van der Waals surface area contributed by atoms with E-state index in [4.69, 9.17) is 0 Å². The van der Waals surface area contributed by atoms with E-state index in [1.165, 1.54) is 5.56 Å². The van der Waals surface area contributed by atoms with E-state index < -0.39 is 0 Å². The van der Waals surface area contributed by atoms with Crippen molar-refractivity contribution in [1.29, 1.82) is 0 Å². The summed E-state index contributed by atoms with van der Waals surface area (Å²) in [5.41, 5.74) is 2.25. The van der Waals surface area contributed by atoms with E-state index in [0.29, 0.717) is 5.92 Å². The van der Waals surface area contributed by atoms with Gasteiger partial charge in [0.05, 0.1) is 21.7 Å². The molecule has 2 rings (SSSR count). The van der Waals surface area contributed by atoms with Crippen LogP contribution in [-0.4, -0.2) is 21.3 Å². The molecule has 1 N–H and O–H groups in total. The van der Waals surface area contributed by atoms with Crippen LogP contribution >= 0.6 is 22.6 Å². The lowest BCUT2D eigenvalue weighted by atomic mass is 10.2. The van der Waals surface area contributed by atoms with Crippen LogP contribution in [0.1, 0.15) is 19.4 Å². The first-order chi connectivity index (χ1) is 8.66. The molecule has 0 atom stereocenters. The number of pyridine rings is 1. The molecule has 2 heterocycles. The van der Waals surface area contributed by atoms with Gasteiger partial charge < -0.3 is 5.32 Å². The maximum atomic E-state index is 4.33. The second-order valence-corrected chi connectivity index (χ2v) is 5.88. The fraction of sp³-hybridized carbons (Fsp3) is 0.385. The van der Waals surface area contributed by atoms with Crippen molar-refractivity contribution < 1.29 is 0 Å². The second kappa shape index (κ2) is 6.29. The van der Waals surface area contributed by atoms with Crippen LogP contribution in [0, 0.1) is 9.49 Å². The van der Waals surface area contributed by atoms with Crippen LogP contribution < -0.4 is 5.32 Å². The third kappa shape index (κ3) is 3.52. The van der Waals surface area contributed by atoms with Gasteiger partial charge in [0.2, 0.25) is 0 Å². The standard InChI is InChI=1S/C13H17IN4/c1-10(2)5-16-6-11-3-4-15-8-13(11)18-9-12(14)7-17-18/h3-4,7-10,16H,5-6H2,1-2H3. The molecule has 0 amide bonds. The zero-order valence-electron chi connectivity index (χ0n) is 10.6. The molecule has 18 heavy (non-hydrogen) atoms. The van der Waals surface area contributed by atoms with Crippen LogP contribution in [0.15, 0.2) is 30.9 Å². The summed E-state index contributed by atoms with van der Waals surface area (Å²) in [6.45, 7) is 6.26. The molecule has 0 aromatic carbocycles. The number of hydrogen-bond acceptors (Lipinski definition) is 3. The highest BCUT2D eigenvalue weighted by atomic mass is 127. The highest BCUT2D eigenvalue weighted by Gasteiger charge is 2.06. The summed E-state index contributed by atoms with van der Waals surface area (Å²) in [6, 6.07) is 2.04. The van der Waals surface area contributed by atoms with Gasteiger partial charge in [-0.3, -0.25) is 4.98 Å². The largest absolute Gasteiger partial charge is 0.312 e. The lowest BCUT2D eigenvalue weighted by molar-refractivity contribution is 0.551. The molecule has 0 aliphatic carbocycles. The number of hydrogen-bond donors (Lipinski definition) is 1. The number of nitrogens with zero attached hydrogens (tertiary/aromatic N) is 3. The Morgan fingerprint density at radius 3 is 2.89 bits per heavy atom. The van der Waals surface area contributed by atoms with Gasteiger partial charge in [-0.1, -0.05) is 13.8 Å². The highest BCUT2D eigenvalue weighted by Crippen LogP contribution is 2.13. The van der Waals surface area contributed by atoms with Crippen molar-refractivity contribution in [2.24, 2.45) is 5.92 Å².